The van der Waals surface area contributed by atoms with Crippen molar-refractivity contribution in [3.05, 3.63) is 34.1 Å². The van der Waals surface area contributed by atoms with E-state index in [4.69, 9.17) is 0 Å². The van der Waals surface area contributed by atoms with Gasteiger partial charge in [0.1, 0.15) is 5.82 Å². The Hall–Kier alpha value is -0.410. The lowest BCUT2D eigenvalue weighted by Crippen LogP contribution is -2.09. The quantitative estimate of drug-likeness (QED) is 0.868. The lowest BCUT2D eigenvalue weighted by atomic mass is 9.94. The SMILES string of the molecule is OC(c1cc(F)ccc1Br)C1CCCC1. The van der Waals surface area contributed by atoms with Crippen molar-refractivity contribution in [2.75, 3.05) is 0 Å². The van der Waals surface area contributed by atoms with Crippen LogP contribution in [0.1, 0.15) is 37.4 Å². The second-order valence-electron chi connectivity index (χ2n) is 4.16. The summed E-state index contributed by atoms with van der Waals surface area (Å²) in [5, 5.41) is 10.1. The Balaban J connectivity index is 2.23. The minimum atomic E-state index is -0.530. The monoisotopic (exact) mass is 272 g/mol. The van der Waals surface area contributed by atoms with Crippen LogP contribution in [0.2, 0.25) is 0 Å². The van der Waals surface area contributed by atoms with Crippen LogP contribution in [-0.2, 0) is 0 Å². The summed E-state index contributed by atoms with van der Waals surface area (Å²) < 4.78 is 13.9. The molecule has 1 aliphatic carbocycles. The maximum Gasteiger partial charge on any atom is 0.123 e. The molecular weight excluding hydrogens is 259 g/mol. The molecule has 1 nitrogen and oxygen atoms in total. The highest BCUT2D eigenvalue weighted by Gasteiger charge is 2.25. The Morgan fingerprint density at radius 3 is 2.67 bits per heavy atom. The standard InChI is InChI=1S/C12H14BrFO/c13-11-6-5-9(14)7-10(11)12(15)8-3-1-2-4-8/h5-8,12,15H,1-4H2. The number of halogens is 2. The zero-order valence-electron chi connectivity index (χ0n) is 8.42. The van der Waals surface area contributed by atoms with Crippen molar-refractivity contribution < 1.29 is 9.50 Å². The van der Waals surface area contributed by atoms with E-state index in [1.807, 2.05) is 0 Å². The average Bonchev–Trinajstić information content (AvgIpc) is 2.74. The van der Waals surface area contributed by atoms with Crippen molar-refractivity contribution in [3.8, 4) is 0 Å². The van der Waals surface area contributed by atoms with Gasteiger partial charge in [-0.2, -0.15) is 0 Å². The molecule has 0 radical (unpaired) electrons. The van der Waals surface area contributed by atoms with Crippen LogP contribution in [0.25, 0.3) is 0 Å². The van der Waals surface area contributed by atoms with E-state index < -0.39 is 6.10 Å². The average molecular weight is 273 g/mol. The number of aliphatic hydroxyl groups excluding tert-OH is 1. The largest absolute Gasteiger partial charge is 0.388 e. The molecule has 0 bridgehead atoms. The lowest BCUT2D eigenvalue weighted by molar-refractivity contribution is 0.110. The number of hydrogen-bond donors (Lipinski definition) is 1. The van der Waals surface area contributed by atoms with E-state index in [2.05, 4.69) is 15.9 Å². The van der Waals surface area contributed by atoms with Gasteiger partial charge in [-0.05, 0) is 42.5 Å². The first kappa shape index (κ1) is 11.1. The van der Waals surface area contributed by atoms with Crippen LogP contribution in [0.5, 0.6) is 0 Å². The summed E-state index contributed by atoms with van der Waals surface area (Å²) in [5.74, 6) is 0.00773. The zero-order valence-corrected chi connectivity index (χ0v) is 10.0. The summed E-state index contributed by atoms with van der Waals surface area (Å²) in [5.41, 5.74) is 0.682. The summed E-state index contributed by atoms with van der Waals surface area (Å²) >= 11 is 3.35. The van der Waals surface area contributed by atoms with E-state index in [-0.39, 0.29) is 5.82 Å². The van der Waals surface area contributed by atoms with Gasteiger partial charge in [-0.15, -0.1) is 0 Å². The van der Waals surface area contributed by atoms with Gasteiger partial charge in [-0.1, -0.05) is 28.8 Å². The molecule has 0 saturated heterocycles. The molecule has 0 heterocycles. The highest BCUT2D eigenvalue weighted by molar-refractivity contribution is 9.10. The Morgan fingerprint density at radius 2 is 2.00 bits per heavy atom. The molecule has 1 aromatic rings. The second kappa shape index (κ2) is 4.62. The molecule has 1 fully saturated rings. The molecule has 82 valence electrons. The number of rotatable bonds is 2. The van der Waals surface area contributed by atoms with E-state index in [1.165, 1.54) is 25.0 Å². The fourth-order valence-electron chi connectivity index (χ4n) is 2.27. The molecule has 1 unspecified atom stereocenters. The number of benzene rings is 1. The Labute approximate surface area is 97.4 Å². The lowest BCUT2D eigenvalue weighted by Gasteiger charge is -2.19. The van der Waals surface area contributed by atoms with Gasteiger partial charge in [0.05, 0.1) is 6.10 Å². The number of hydrogen-bond acceptors (Lipinski definition) is 1. The molecule has 2 rings (SSSR count). The van der Waals surface area contributed by atoms with E-state index >= 15 is 0 Å². The van der Waals surface area contributed by atoms with Crippen molar-refractivity contribution in [2.45, 2.75) is 31.8 Å². The Kier molecular flexibility index (Phi) is 3.42. The van der Waals surface area contributed by atoms with Crippen molar-refractivity contribution >= 4 is 15.9 Å². The summed E-state index contributed by atoms with van der Waals surface area (Å²) in [6.45, 7) is 0. The molecule has 0 aromatic heterocycles. The van der Waals surface area contributed by atoms with Gasteiger partial charge in [-0.25, -0.2) is 4.39 Å². The third kappa shape index (κ3) is 2.40. The molecule has 1 aliphatic rings. The van der Waals surface area contributed by atoms with Gasteiger partial charge in [0.25, 0.3) is 0 Å². The minimum absolute atomic E-state index is 0.287. The van der Waals surface area contributed by atoms with Crippen molar-refractivity contribution in [2.24, 2.45) is 5.92 Å². The van der Waals surface area contributed by atoms with Crippen LogP contribution in [0.4, 0.5) is 4.39 Å². The molecule has 3 heteroatoms. The summed E-state index contributed by atoms with van der Waals surface area (Å²) in [7, 11) is 0. The predicted molar refractivity (Wildman–Crippen MR) is 61.0 cm³/mol. The highest BCUT2D eigenvalue weighted by Crippen LogP contribution is 2.38. The molecule has 0 spiro atoms. The van der Waals surface area contributed by atoms with Gasteiger partial charge in [0.15, 0.2) is 0 Å². The van der Waals surface area contributed by atoms with E-state index in [1.54, 1.807) is 6.07 Å². The summed E-state index contributed by atoms with van der Waals surface area (Å²) in [4.78, 5) is 0. The fourth-order valence-corrected chi connectivity index (χ4v) is 2.75. The van der Waals surface area contributed by atoms with Crippen LogP contribution in [0.3, 0.4) is 0 Å². The highest BCUT2D eigenvalue weighted by atomic mass is 79.9. The second-order valence-corrected chi connectivity index (χ2v) is 5.01. The van der Waals surface area contributed by atoms with Gasteiger partial charge in [-0.3, -0.25) is 0 Å². The fraction of sp³-hybridized carbons (Fsp3) is 0.500. The van der Waals surface area contributed by atoms with Crippen LogP contribution < -0.4 is 0 Å². The molecular formula is C12H14BrFO. The third-order valence-electron chi connectivity index (χ3n) is 3.12. The van der Waals surface area contributed by atoms with Gasteiger partial charge < -0.3 is 5.11 Å². The molecule has 1 aromatic carbocycles. The van der Waals surface area contributed by atoms with E-state index in [0.29, 0.717) is 11.5 Å². The predicted octanol–water partition coefficient (Wildman–Crippen LogP) is 3.81. The minimum Gasteiger partial charge on any atom is -0.388 e. The first-order valence-corrected chi connectivity index (χ1v) is 6.11. The van der Waals surface area contributed by atoms with E-state index in [0.717, 1.165) is 17.3 Å². The van der Waals surface area contributed by atoms with Crippen LogP contribution >= 0.6 is 15.9 Å². The van der Waals surface area contributed by atoms with Crippen molar-refractivity contribution in [1.82, 2.24) is 0 Å². The third-order valence-corrected chi connectivity index (χ3v) is 3.85. The maximum absolute atomic E-state index is 13.1. The number of aliphatic hydroxyl groups is 1. The normalized spacial score (nSPS) is 19.4. The molecule has 1 N–H and O–H groups in total. The Morgan fingerprint density at radius 1 is 1.33 bits per heavy atom. The van der Waals surface area contributed by atoms with Gasteiger partial charge in [0, 0.05) is 4.47 Å². The molecule has 1 atom stereocenters. The topological polar surface area (TPSA) is 20.2 Å². The smallest absolute Gasteiger partial charge is 0.123 e. The first-order chi connectivity index (χ1) is 7.18. The van der Waals surface area contributed by atoms with E-state index in [9.17, 15) is 9.50 Å². The zero-order chi connectivity index (χ0) is 10.8. The molecule has 1 saturated carbocycles. The Bertz CT molecular complexity index is 347. The van der Waals surface area contributed by atoms with Crippen LogP contribution in [0, 0.1) is 11.7 Å². The molecule has 0 amide bonds. The maximum atomic E-state index is 13.1. The molecule has 15 heavy (non-hydrogen) atoms. The van der Waals surface area contributed by atoms with Gasteiger partial charge in [0.2, 0.25) is 0 Å². The van der Waals surface area contributed by atoms with Crippen molar-refractivity contribution in [1.29, 1.82) is 0 Å². The molecule has 0 aliphatic heterocycles. The summed E-state index contributed by atoms with van der Waals surface area (Å²) in [6.07, 6.45) is 3.91. The first-order valence-electron chi connectivity index (χ1n) is 5.31. The summed E-state index contributed by atoms with van der Waals surface area (Å²) in [6, 6.07) is 4.48. The van der Waals surface area contributed by atoms with Crippen molar-refractivity contribution in [3.63, 3.8) is 0 Å². The van der Waals surface area contributed by atoms with Crippen LogP contribution in [0.15, 0.2) is 22.7 Å². The van der Waals surface area contributed by atoms with Gasteiger partial charge >= 0.3 is 0 Å². The van der Waals surface area contributed by atoms with Crippen LogP contribution in [-0.4, -0.2) is 5.11 Å².